The SMILES string of the molecule is Cc1cc(C)c(C)c(C2(C)c3cccc(C)c3N=CN2C)c1. The molecule has 1 atom stereocenters. The molecule has 2 nitrogen and oxygen atoms in total. The van der Waals surface area contributed by atoms with E-state index in [-0.39, 0.29) is 5.54 Å². The Balaban J connectivity index is 2.35. The lowest BCUT2D eigenvalue weighted by Crippen LogP contribution is -2.44. The molecule has 1 unspecified atom stereocenters. The molecule has 0 radical (unpaired) electrons. The predicted molar refractivity (Wildman–Crippen MR) is 94.2 cm³/mol. The number of hydrogen-bond acceptors (Lipinski definition) is 2. The maximum atomic E-state index is 4.67. The van der Waals surface area contributed by atoms with Crippen LogP contribution in [0.15, 0.2) is 35.3 Å². The second-order valence-corrected chi connectivity index (χ2v) is 6.65. The van der Waals surface area contributed by atoms with E-state index in [1.807, 2.05) is 6.34 Å². The first-order valence-electron chi connectivity index (χ1n) is 7.81. The van der Waals surface area contributed by atoms with Crippen LogP contribution >= 0.6 is 0 Å². The van der Waals surface area contributed by atoms with Gasteiger partial charge in [0.15, 0.2) is 0 Å². The molecule has 114 valence electrons. The molecule has 2 heteroatoms. The van der Waals surface area contributed by atoms with Gasteiger partial charge in [-0.1, -0.05) is 35.9 Å². The smallest absolute Gasteiger partial charge is 0.0919 e. The van der Waals surface area contributed by atoms with Gasteiger partial charge < -0.3 is 4.90 Å². The van der Waals surface area contributed by atoms with Gasteiger partial charge in [-0.05, 0) is 56.9 Å². The molecule has 22 heavy (non-hydrogen) atoms. The number of fused-ring (bicyclic) bond motifs is 1. The minimum absolute atomic E-state index is 0.191. The van der Waals surface area contributed by atoms with E-state index in [0.29, 0.717) is 0 Å². The fourth-order valence-corrected chi connectivity index (χ4v) is 3.55. The Morgan fingerprint density at radius 3 is 2.41 bits per heavy atom. The lowest BCUT2D eigenvalue weighted by atomic mass is 9.77. The van der Waals surface area contributed by atoms with E-state index in [2.05, 4.69) is 81.9 Å². The first-order chi connectivity index (χ1) is 10.4. The summed E-state index contributed by atoms with van der Waals surface area (Å²) in [4.78, 5) is 6.90. The molecule has 3 rings (SSSR count). The fraction of sp³-hybridized carbons (Fsp3) is 0.350. The van der Waals surface area contributed by atoms with Crippen molar-refractivity contribution in [3.63, 3.8) is 0 Å². The highest BCUT2D eigenvalue weighted by molar-refractivity contribution is 5.74. The first-order valence-corrected chi connectivity index (χ1v) is 7.81. The number of nitrogens with zero attached hydrogens (tertiary/aromatic N) is 2. The summed E-state index contributed by atoms with van der Waals surface area (Å²) in [5.41, 5.74) is 8.82. The van der Waals surface area contributed by atoms with Crippen molar-refractivity contribution in [2.45, 2.75) is 40.2 Å². The van der Waals surface area contributed by atoms with Gasteiger partial charge in [0.1, 0.15) is 0 Å². The van der Waals surface area contributed by atoms with Crippen LogP contribution in [0.25, 0.3) is 0 Å². The van der Waals surface area contributed by atoms with Crippen LogP contribution < -0.4 is 0 Å². The molecule has 0 saturated carbocycles. The zero-order valence-electron chi connectivity index (χ0n) is 14.4. The van der Waals surface area contributed by atoms with Crippen LogP contribution in [0.3, 0.4) is 0 Å². The zero-order valence-corrected chi connectivity index (χ0v) is 14.4. The van der Waals surface area contributed by atoms with E-state index in [9.17, 15) is 0 Å². The van der Waals surface area contributed by atoms with E-state index in [1.165, 1.54) is 33.4 Å². The highest BCUT2D eigenvalue weighted by Crippen LogP contribution is 2.44. The summed E-state index contributed by atoms with van der Waals surface area (Å²) in [7, 11) is 2.12. The predicted octanol–water partition coefficient (Wildman–Crippen LogP) is 4.79. The zero-order chi connectivity index (χ0) is 16.1. The third-order valence-corrected chi connectivity index (χ3v) is 5.16. The minimum atomic E-state index is -0.191. The second kappa shape index (κ2) is 4.98. The van der Waals surface area contributed by atoms with Gasteiger partial charge in [0.2, 0.25) is 0 Å². The highest BCUT2D eigenvalue weighted by atomic mass is 15.2. The number of benzene rings is 2. The number of rotatable bonds is 1. The standard InChI is InChI=1S/C20H24N2/c1-13-10-15(3)16(4)18(11-13)20(5)17-9-7-8-14(2)19(17)21-12-22(20)6/h7-12H,1-6H3. The Labute approximate surface area is 133 Å². The van der Waals surface area contributed by atoms with Crippen molar-refractivity contribution in [3.8, 4) is 0 Å². The Morgan fingerprint density at radius 2 is 1.68 bits per heavy atom. The molecule has 0 amide bonds. The molecule has 0 aliphatic carbocycles. The van der Waals surface area contributed by atoms with Crippen LogP contribution in [0.4, 0.5) is 5.69 Å². The third kappa shape index (κ3) is 1.98. The van der Waals surface area contributed by atoms with Gasteiger partial charge in [-0.2, -0.15) is 0 Å². The van der Waals surface area contributed by atoms with Crippen LogP contribution in [0.2, 0.25) is 0 Å². The molecule has 2 aromatic carbocycles. The lowest BCUT2D eigenvalue weighted by molar-refractivity contribution is 0.290. The summed E-state index contributed by atoms with van der Waals surface area (Å²) in [5, 5.41) is 0. The molecule has 0 N–H and O–H groups in total. The Morgan fingerprint density at radius 1 is 0.955 bits per heavy atom. The van der Waals surface area contributed by atoms with Crippen molar-refractivity contribution >= 4 is 12.0 Å². The summed E-state index contributed by atoms with van der Waals surface area (Å²) in [6.45, 7) is 11.0. The average molecular weight is 292 g/mol. The average Bonchev–Trinajstić information content (AvgIpc) is 2.47. The molecule has 0 spiro atoms. The van der Waals surface area contributed by atoms with Gasteiger partial charge in [-0.15, -0.1) is 0 Å². The Kier molecular flexibility index (Phi) is 3.36. The van der Waals surface area contributed by atoms with Crippen LogP contribution in [-0.4, -0.2) is 18.3 Å². The summed E-state index contributed by atoms with van der Waals surface area (Å²) < 4.78 is 0. The van der Waals surface area contributed by atoms with E-state index < -0.39 is 0 Å². The summed E-state index contributed by atoms with van der Waals surface area (Å²) in [5.74, 6) is 0. The summed E-state index contributed by atoms with van der Waals surface area (Å²) in [6, 6.07) is 11.1. The highest BCUT2D eigenvalue weighted by Gasteiger charge is 2.38. The van der Waals surface area contributed by atoms with Gasteiger partial charge in [0, 0.05) is 12.6 Å². The second-order valence-electron chi connectivity index (χ2n) is 6.65. The van der Waals surface area contributed by atoms with E-state index in [1.54, 1.807) is 0 Å². The quantitative estimate of drug-likeness (QED) is 0.738. The Bertz CT molecular complexity index is 774. The number of para-hydroxylation sites is 1. The molecule has 2 aromatic rings. The molecule has 1 heterocycles. The summed E-state index contributed by atoms with van der Waals surface area (Å²) >= 11 is 0. The lowest BCUT2D eigenvalue weighted by Gasteiger charge is -2.43. The van der Waals surface area contributed by atoms with E-state index in [0.717, 1.165) is 5.69 Å². The van der Waals surface area contributed by atoms with Crippen molar-refractivity contribution in [1.82, 2.24) is 4.90 Å². The van der Waals surface area contributed by atoms with Gasteiger partial charge in [0.05, 0.1) is 17.6 Å². The molecule has 1 aliphatic rings. The molecule has 0 fully saturated rings. The molecule has 0 saturated heterocycles. The van der Waals surface area contributed by atoms with E-state index >= 15 is 0 Å². The monoisotopic (exact) mass is 292 g/mol. The van der Waals surface area contributed by atoms with Gasteiger partial charge in [0.25, 0.3) is 0 Å². The van der Waals surface area contributed by atoms with Crippen molar-refractivity contribution in [1.29, 1.82) is 0 Å². The van der Waals surface area contributed by atoms with Gasteiger partial charge in [-0.25, -0.2) is 4.99 Å². The van der Waals surface area contributed by atoms with Crippen molar-refractivity contribution in [2.75, 3.05) is 7.05 Å². The van der Waals surface area contributed by atoms with Gasteiger partial charge in [-0.3, -0.25) is 0 Å². The van der Waals surface area contributed by atoms with Crippen molar-refractivity contribution in [2.24, 2.45) is 4.99 Å². The van der Waals surface area contributed by atoms with Crippen molar-refractivity contribution in [3.05, 3.63) is 63.7 Å². The van der Waals surface area contributed by atoms with Crippen LogP contribution in [-0.2, 0) is 5.54 Å². The normalized spacial score (nSPS) is 20.2. The fourth-order valence-electron chi connectivity index (χ4n) is 3.55. The molecular weight excluding hydrogens is 268 g/mol. The molecule has 0 aromatic heterocycles. The van der Waals surface area contributed by atoms with E-state index in [4.69, 9.17) is 0 Å². The number of aliphatic imine (C=N–C) groups is 1. The molecular formula is C20H24N2. The Hall–Kier alpha value is -2.09. The molecule has 1 aliphatic heterocycles. The van der Waals surface area contributed by atoms with Crippen LogP contribution in [0.5, 0.6) is 0 Å². The van der Waals surface area contributed by atoms with Crippen molar-refractivity contribution < 1.29 is 0 Å². The number of hydrogen-bond donors (Lipinski definition) is 0. The first kappa shape index (κ1) is 14.8. The van der Waals surface area contributed by atoms with Crippen LogP contribution in [0.1, 0.15) is 40.3 Å². The number of aryl methyl sites for hydroxylation is 3. The van der Waals surface area contributed by atoms with Gasteiger partial charge >= 0.3 is 0 Å². The summed E-state index contributed by atoms with van der Waals surface area (Å²) in [6.07, 6.45) is 1.96. The van der Waals surface area contributed by atoms with Crippen LogP contribution in [0, 0.1) is 27.7 Å². The largest absolute Gasteiger partial charge is 0.352 e. The maximum absolute atomic E-state index is 4.67. The minimum Gasteiger partial charge on any atom is -0.352 e. The third-order valence-electron chi connectivity index (χ3n) is 5.16. The topological polar surface area (TPSA) is 15.6 Å². The molecule has 0 bridgehead atoms. The maximum Gasteiger partial charge on any atom is 0.0919 e.